The molecule has 0 saturated heterocycles. The Hall–Kier alpha value is -2.21. The summed E-state index contributed by atoms with van der Waals surface area (Å²) >= 11 is 3.38. The number of nitrogens with zero attached hydrogens (tertiary/aromatic N) is 1. The maximum absolute atomic E-state index is 13.0. The first-order valence-corrected chi connectivity index (χ1v) is 9.89. The van der Waals surface area contributed by atoms with Gasteiger partial charge in [0.1, 0.15) is 11.9 Å². The van der Waals surface area contributed by atoms with Gasteiger partial charge in [0.05, 0.1) is 0 Å². The molecule has 0 fully saturated rings. The fourth-order valence-corrected chi connectivity index (χ4v) is 2.98. The number of ketones is 1. The van der Waals surface area contributed by atoms with E-state index in [1.54, 1.807) is 4.90 Å². The second-order valence-corrected chi connectivity index (χ2v) is 8.50. The van der Waals surface area contributed by atoms with Gasteiger partial charge in [-0.2, -0.15) is 0 Å². The maximum atomic E-state index is 13.0. The van der Waals surface area contributed by atoms with Gasteiger partial charge >= 0.3 is 6.09 Å². The number of carbonyl (C=O) groups excluding carboxylic acids is 2. The van der Waals surface area contributed by atoms with Crippen LogP contribution in [0.5, 0.6) is 0 Å². The quantitative estimate of drug-likeness (QED) is 0.496. The number of rotatable bonds is 6. The number of carbonyl (C=O) groups is 2. The fourth-order valence-electron chi connectivity index (χ4n) is 2.71. The van der Waals surface area contributed by atoms with E-state index in [4.69, 9.17) is 4.74 Å². The molecule has 2 rings (SSSR count). The SMILES string of the molecule is CC(OC(=O)N(CCC(=O)c1ccc(F)cc1)C(C)(C)C)c1ccc(Br)cc1. The summed E-state index contributed by atoms with van der Waals surface area (Å²) < 4.78 is 19.6. The molecule has 28 heavy (non-hydrogen) atoms. The third-order valence-corrected chi connectivity index (χ3v) is 4.90. The van der Waals surface area contributed by atoms with E-state index in [2.05, 4.69) is 15.9 Å². The lowest BCUT2D eigenvalue weighted by molar-refractivity contribution is 0.0417. The van der Waals surface area contributed by atoms with Crippen molar-refractivity contribution < 1.29 is 18.7 Å². The standard InChI is InChI=1S/C22H25BrFNO3/c1-15(16-5-9-18(23)10-6-16)28-21(27)25(22(2,3)4)14-13-20(26)17-7-11-19(24)12-8-17/h5-12,15H,13-14H2,1-4H3. The van der Waals surface area contributed by atoms with E-state index >= 15 is 0 Å². The molecule has 0 aliphatic heterocycles. The minimum Gasteiger partial charge on any atom is -0.442 e. The first-order chi connectivity index (χ1) is 13.1. The van der Waals surface area contributed by atoms with Crippen LogP contribution in [0.1, 0.15) is 56.1 Å². The summed E-state index contributed by atoms with van der Waals surface area (Å²) in [6.45, 7) is 7.69. The Labute approximate surface area is 173 Å². The number of hydrogen-bond donors (Lipinski definition) is 0. The second-order valence-electron chi connectivity index (χ2n) is 7.58. The average Bonchev–Trinajstić information content (AvgIpc) is 2.61. The topological polar surface area (TPSA) is 46.6 Å². The van der Waals surface area contributed by atoms with Gasteiger partial charge in [-0.15, -0.1) is 0 Å². The second kappa shape index (κ2) is 9.32. The van der Waals surface area contributed by atoms with Gasteiger partial charge in [-0.25, -0.2) is 9.18 Å². The van der Waals surface area contributed by atoms with Gasteiger partial charge in [0.25, 0.3) is 0 Å². The van der Waals surface area contributed by atoms with Gasteiger partial charge in [0, 0.05) is 28.5 Å². The number of hydrogen-bond acceptors (Lipinski definition) is 3. The first-order valence-electron chi connectivity index (χ1n) is 9.10. The van der Waals surface area contributed by atoms with E-state index in [0.717, 1.165) is 10.0 Å². The van der Waals surface area contributed by atoms with Crippen LogP contribution < -0.4 is 0 Å². The lowest BCUT2D eigenvalue weighted by Gasteiger charge is -2.35. The third-order valence-electron chi connectivity index (χ3n) is 4.38. The van der Waals surface area contributed by atoms with Gasteiger partial charge in [-0.3, -0.25) is 4.79 Å². The van der Waals surface area contributed by atoms with Gasteiger partial charge in [0.15, 0.2) is 5.78 Å². The molecule has 2 aromatic rings. The van der Waals surface area contributed by atoms with Crippen LogP contribution in [0.25, 0.3) is 0 Å². The Bertz CT molecular complexity index is 813. The predicted molar refractivity (Wildman–Crippen MR) is 111 cm³/mol. The zero-order valence-electron chi connectivity index (χ0n) is 16.5. The Morgan fingerprint density at radius 3 is 2.18 bits per heavy atom. The molecule has 0 radical (unpaired) electrons. The van der Waals surface area contributed by atoms with Gasteiger partial charge in [-0.1, -0.05) is 28.1 Å². The highest BCUT2D eigenvalue weighted by Crippen LogP contribution is 2.23. The number of Topliss-reactive ketones (excluding diaryl/α,β-unsaturated/α-hetero) is 1. The van der Waals surface area contributed by atoms with Gasteiger partial charge < -0.3 is 9.64 Å². The molecule has 0 heterocycles. The highest BCUT2D eigenvalue weighted by Gasteiger charge is 2.29. The Balaban J connectivity index is 2.03. The van der Waals surface area contributed by atoms with E-state index < -0.39 is 23.6 Å². The summed E-state index contributed by atoms with van der Waals surface area (Å²) in [7, 11) is 0. The minimum atomic E-state index is -0.514. The highest BCUT2D eigenvalue weighted by atomic mass is 79.9. The molecular weight excluding hydrogens is 425 g/mol. The first kappa shape index (κ1) is 22.1. The fraction of sp³-hybridized carbons (Fsp3) is 0.364. The number of amides is 1. The lowest BCUT2D eigenvalue weighted by Crippen LogP contribution is -2.47. The molecule has 0 aromatic heterocycles. The summed E-state index contributed by atoms with van der Waals surface area (Å²) in [6, 6.07) is 13.0. The molecule has 0 saturated carbocycles. The molecule has 2 aromatic carbocycles. The smallest absolute Gasteiger partial charge is 0.410 e. The summed E-state index contributed by atoms with van der Waals surface area (Å²) in [5.74, 6) is -0.540. The van der Waals surface area contributed by atoms with Crippen molar-refractivity contribution in [1.29, 1.82) is 0 Å². The van der Waals surface area contributed by atoms with E-state index in [1.165, 1.54) is 24.3 Å². The zero-order valence-corrected chi connectivity index (χ0v) is 18.1. The van der Waals surface area contributed by atoms with Crippen LogP contribution in [0.2, 0.25) is 0 Å². The van der Waals surface area contributed by atoms with Crippen LogP contribution in [0.15, 0.2) is 53.0 Å². The molecule has 1 amide bonds. The molecule has 0 bridgehead atoms. The Morgan fingerprint density at radius 2 is 1.64 bits per heavy atom. The average molecular weight is 450 g/mol. The number of halogens is 2. The van der Waals surface area contributed by atoms with Crippen LogP contribution in [0, 0.1) is 5.82 Å². The summed E-state index contributed by atoms with van der Waals surface area (Å²) in [6.07, 6.45) is -0.766. The number of ether oxygens (including phenoxy) is 1. The van der Waals surface area contributed by atoms with Crippen LogP contribution in [0.3, 0.4) is 0 Å². The van der Waals surface area contributed by atoms with Crippen molar-refractivity contribution >= 4 is 27.8 Å². The van der Waals surface area contributed by atoms with Crippen LogP contribution in [-0.2, 0) is 4.74 Å². The molecule has 0 aliphatic rings. The van der Waals surface area contributed by atoms with Crippen molar-refractivity contribution in [3.63, 3.8) is 0 Å². The van der Waals surface area contributed by atoms with Crippen LogP contribution in [0.4, 0.5) is 9.18 Å². The van der Waals surface area contributed by atoms with Crippen molar-refractivity contribution in [3.8, 4) is 0 Å². The molecule has 0 spiro atoms. The van der Waals surface area contributed by atoms with Gasteiger partial charge in [-0.05, 0) is 69.7 Å². The van der Waals surface area contributed by atoms with Crippen molar-refractivity contribution in [1.82, 2.24) is 4.90 Å². The van der Waals surface area contributed by atoms with E-state index in [-0.39, 0.29) is 18.7 Å². The minimum absolute atomic E-state index is 0.130. The lowest BCUT2D eigenvalue weighted by atomic mass is 10.0. The monoisotopic (exact) mass is 449 g/mol. The molecule has 4 nitrogen and oxygen atoms in total. The largest absolute Gasteiger partial charge is 0.442 e. The molecule has 1 unspecified atom stereocenters. The molecule has 0 aliphatic carbocycles. The molecule has 0 N–H and O–H groups in total. The van der Waals surface area contributed by atoms with Crippen molar-refractivity contribution in [2.24, 2.45) is 0 Å². The predicted octanol–water partition coefficient (Wildman–Crippen LogP) is 6.16. The summed E-state index contributed by atoms with van der Waals surface area (Å²) in [5.41, 5.74) is 0.791. The highest BCUT2D eigenvalue weighted by molar-refractivity contribution is 9.10. The van der Waals surface area contributed by atoms with Crippen LogP contribution in [-0.4, -0.2) is 28.9 Å². The normalized spacial score (nSPS) is 12.4. The van der Waals surface area contributed by atoms with Gasteiger partial charge in [0.2, 0.25) is 0 Å². The molecular formula is C22H25BrFNO3. The molecule has 6 heteroatoms. The third kappa shape index (κ3) is 6.16. The van der Waals surface area contributed by atoms with E-state index in [1.807, 2.05) is 52.0 Å². The van der Waals surface area contributed by atoms with E-state index in [9.17, 15) is 14.0 Å². The van der Waals surface area contributed by atoms with Crippen LogP contribution >= 0.6 is 15.9 Å². The Morgan fingerprint density at radius 1 is 1.07 bits per heavy atom. The Kier molecular flexibility index (Phi) is 7.35. The van der Waals surface area contributed by atoms with Crippen molar-refractivity contribution in [2.75, 3.05) is 6.54 Å². The molecule has 1 atom stereocenters. The van der Waals surface area contributed by atoms with E-state index in [0.29, 0.717) is 5.56 Å². The summed E-state index contributed by atoms with van der Waals surface area (Å²) in [4.78, 5) is 26.7. The zero-order chi connectivity index (χ0) is 20.9. The number of benzene rings is 2. The van der Waals surface area contributed by atoms with Crippen molar-refractivity contribution in [3.05, 3.63) is 69.9 Å². The maximum Gasteiger partial charge on any atom is 0.410 e. The molecule has 150 valence electrons. The summed E-state index contributed by atoms with van der Waals surface area (Å²) in [5, 5.41) is 0. The van der Waals surface area contributed by atoms with Crippen molar-refractivity contribution in [2.45, 2.75) is 45.8 Å².